The molecule has 1 rings (SSSR count). The zero-order valence-corrected chi connectivity index (χ0v) is 22.7. The molecule has 0 spiro atoms. The van der Waals surface area contributed by atoms with Gasteiger partial charge in [-0.2, -0.15) is 0 Å². The molecule has 0 aromatic carbocycles. The van der Waals surface area contributed by atoms with Crippen molar-refractivity contribution >= 4 is 44.4 Å². The van der Waals surface area contributed by atoms with Crippen molar-refractivity contribution in [1.29, 1.82) is 0 Å². The molecule has 36 heavy (non-hydrogen) atoms. The van der Waals surface area contributed by atoms with Gasteiger partial charge in [-0.15, -0.1) is 0 Å². The van der Waals surface area contributed by atoms with E-state index >= 15 is 0 Å². The van der Waals surface area contributed by atoms with E-state index in [0.717, 1.165) is 17.1 Å². The quantitative estimate of drug-likeness (QED) is 0.161. The van der Waals surface area contributed by atoms with Gasteiger partial charge in [0, 0.05) is 17.1 Å². The number of nitrogens with one attached hydrogen (secondary N) is 2. The molecule has 0 heterocycles. The van der Waals surface area contributed by atoms with Gasteiger partial charge in [-0.25, -0.2) is 26.6 Å². The number of carbonyl (C=O) groups is 3. The van der Waals surface area contributed by atoms with Gasteiger partial charge in [0.25, 0.3) is 0 Å². The molecule has 1 fully saturated rings. The number of amides is 1. The van der Waals surface area contributed by atoms with E-state index in [1.807, 2.05) is 0 Å². The Bertz CT molecular complexity index is 1110. The standard InChI is InChI=1S/C22H34N2O10S2/c1-21(2,9-7-11-36(30,31)12-8-16(23-3)14-18(25)32-4)34-20(27)24-22(10-13-35(6,28)29)15-17(22)19(26)33-5/h8,10,12-13,16-17H,3,7,9,11,14-15H2,1-2,4-6H3,(H,24,27)/p+1/b12-8+,13-10+/t16-,17?,22?/m1/s1. The summed E-state index contributed by atoms with van der Waals surface area (Å²) >= 11 is 0. The molecule has 14 heteroatoms. The van der Waals surface area contributed by atoms with E-state index in [0.29, 0.717) is 0 Å². The molecule has 0 saturated heterocycles. The Labute approximate surface area is 212 Å². The molecule has 204 valence electrons. The SMILES string of the molecule is C=[NH+][C@H](/C=C/S(=O)(=O)CCCC(C)(C)OC(=O)NC1(/C=C/S(C)(=O)=O)CC1C(=O)OC)CC(=O)OC. The fourth-order valence-corrected chi connectivity index (χ4v) is 4.90. The third kappa shape index (κ3) is 10.9. The largest absolute Gasteiger partial charge is 0.469 e. The van der Waals surface area contributed by atoms with E-state index in [4.69, 9.17) is 4.74 Å². The van der Waals surface area contributed by atoms with Crippen molar-refractivity contribution in [3.05, 3.63) is 23.0 Å². The number of ether oxygens (including phenoxy) is 3. The first kappa shape index (κ1) is 31.3. The van der Waals surface area contributed by atoms with Gasteiger partial charge in [0.1, 0.15) is 18.7 Å². The Morgan fingerprint density at radius 2 is 1.81 bits per heavy atom. The molecule has 0 bridgehead atoms. The van der Waals surface area contributed by atoms with Crippen molar-refractivity contribution < 1.29 is 50.4 Å². The Morgan fingerprint density at radius 3 is 2.33 bits per heavy atom. The predicted molar refractivity (Wildman–Crippen MR) is 131 cm³/mol. The lowest BCUT2D eigenvalue weighted by Crippen LogP contribution is -2.73. The van der Waals surface area contributed by atoms with Crippen LogP contribution in [-0.4, -0.2) is 85.0 Å². The van der Waals surface area contributed by atoms with Crippen molar-refractivity contribution in [1.82, 2.24) is 5.32 Å². The fourth-order valence-electron chi connectivity index (χ4n) is 3.29. The van der Waals surface area contributed by atoms with Gasteiger partial charge in [-0.1, -0.05) is 0 Å². The predicted octanol–water partition coefficient (Wildman–Crippen LogP) is -0.597. The van der Waals surface area contributed by atoms with Crippen LogP contribution in [0.25, 0.3) is 0 Å². The zero-order chi connectivity index (χ0) is 27.8. The molecule has 2 unspecified atom stereocenters. The maximum Gasteiger partial charge on any atom is 0.408 e. The highest BCUT2D eigenvalue weighted by Crippen LogP contribution is 2.46. The lowest BCUT2D eigenvalue weighted by Gasteiger charge is -2.26. The van der Waals surface area contributed by atoms with E-state index in [1.165, 1.54) is 26.4 Å². The van der Waals surface area contributed by atoms with E-state index in [9.17, 15) is 31.2 Å². The van der Waals surface area contributed by atoms with Crippen molar-refractivity contribution in [3.63, 3.8) is 0 Å². The van der Waals surface area contributed by atoms with Crippen LogP contribution < -0.4 is 10.3 Å². The van der Waals surface area contributed by atoms with Gasteiger partial charge in [0.15, 0.2) is 25.7 Å². The lowest BCUT2D eigenvalue weighted by atomic mass is 10.0. The molecule has 0 aromatic heterocycles. The maximum absolute atomic E-state index is 12.5. The van der Waals surface area contributed by atoms with Crippen LogP contribution in [0.15, 0.2) is 23.0 Å². The molecule has 1 aliphatic rings. The van der Waals surface area contributed by atoms with Gasteiger partial charge < -0.3 is 19.5 Å². The van der Waals surface area contributed by atoms with Crippen molar-refractivity contribution in [2.75, 3.05) is 26.2 Å². The van der Waals surface area contributed by atoms with Crippen LogP contribution in [0.2, 0.25) is 0 Å². The van der Waals surface area contributed by atoms with Crippen LogP contribution in [0.4, 0.5) is 4.79 Å². The molecular weight excluding hydrogens is 516 g/mol. The minimum atomic E-state index is -3.61. The Kier molecular flexibility index (Phi) is 10.8. The van der Waals surface area contributed by atoms with Crippen molar-refractivity contribution in [2.45, 2.75) is 56.7 Å². The number of sulfone groups is 2. The summed E-state index contributed by atoms with van der Waals surface area (Å²) in [5.74, 6) is -2.11. The van der Waals surface area contributed by atoms with E-state index in [1.54, 1.807) is 13.8 Å². The number of esters is 2. The first-order chi connectivity index (χ1) is 16.5. The highest BCUT2D eigenvalue weighted by molar-refractivity contribution is 7.94. The summed E-state index contributed by atoms with van der Waals surface area (Å²) in [5.41, 5.74) is -2.32. The molecule has 0 radical (unpaired) electrons. The van der Waals surface area contributed by atoms with Crippen LogP contribution in [0, 0.1) is 5.92 Å². The second-order valence-electron chi connectivity index (χ2n) is 9.12. The second-order valence-corrected chi connectivity index (χ2v) is 13.1. The van der Waals surface area contributed by atoms with E-state index < -0.39 is 60.8 Å². The molecule has 1 saturated carbocycles. The summed E-state index contributed by atoms with van der Waals surface area (Å²) in [6.45, 7) is 6.64. The van der Waals surface area contributed by atoms with Gasteiger partial charge in [-0.05, 0) is 45.3 Å². The number of hydrogen-bond acceptors (Lipinski definition) is 10. The molecular formula is C22H35N2O10S2+. The number of methoxy groups -OCH3 is 2. The monoisotopic (exact) mass is 551 g/mol. The van der Waals surface area contributed by atoms with E-state index in [-0.39, 0.29) is 31.4 Å². The number of alkyl carbamates (subject to hydrolysis) is 1. The second kappa shape index (κ2) is 12.5. The fraction of sp³-hybridized carbons (Fsp3) is 0.636. The zero-order valence-electron chi connectivity index (χ0n) is 21.1. The smallest absolute Gasteiger partial charge is 0.408 e. The minimum absolute atomic E-state index is 0.0836. The highest BCUT2D eigenvalue weighted by Gasteiger charge is 2.59. The third-order valence-corrected chi connectivity index (χ3v) is 7.47. The summed E-state index contributed by atoms with van der Waals surface area (Å²) in [4.78, 5) is 38.3. The Morgan fingerprint density at radius 1 is 1.17 bits per heavy atom. The summed E-state index contributed by atoms with van der Waals surface area (Å²) < 4.78 is 62.3. The number of hydrogen-bond donors (Lipinski definition) is 2. The maximum atomic E-state index is 12.5. The van der Waals surface area contributed by atoms with Crippen LogP contribution in [-0.2, 0) is 43.5 Å². The van der Waals surface area contributed by atoms with Crippen molar-refractivity contribution in [2.24, 2.45) is 5.92 Å². The topological polar surface area (TPSA) is 173 Å². The first-order valence-electron chi connectivity index (χ1n) is 11.0. The molecule has 0 aliphatic heterocycles. The molecule has 1 amide bonds. The van der Waals surface area contributed by atoms with Gasteiger partial charge in [-0.3, -0.25) is 9.59 Å². The summed E-state index contributed by atoms with van der Waals surface area (Å²) in [7, 11) is -4.71. The Hall–Kier alpha value is -2.74. The third-order valence-electron chi connectivity index (χ3n) is 5.41. The van der Waals surface area contributed by atoms with Gasteiger partial charge in [0.2, 0.25) is 0 Å². The molecule has 1 aliphatic carbocycles. The molecule has 3 atom stereocenters. The normalized spacial score (nSPS) is 21.1. The average molecular weight is 552 g/mol. The minimum Gasteiger partial charge on any atom is -0.469 e. The van der Waals surface area contributed by atoms with Crippen LogP contribution in [0.5, 0.6) is 0 Å². The average Bonchev–Trinajstić information content (AvgIpc) is 3.47. The summed E-state index contributed by atoms with van der Waals surface area (Å²) in [5, 5.41) is 4.43. The van der Waals surface area contributed by atoms with E-state index in [2.05, 4.69) is 26.5 Å². The first-order valence-corrected chi connectivity index (χ1v) is 14.6. The number of carbonyl (C=O) groups excluding carboxylic acids is 3. The molecule has 12 nitrogen and oxygen atoms in total. The molecule has 2 N–H and O–H groups in total. The van der Waals surface area contributed by atoms with Gasteiger partial charge in [0.05, 0.1) is 31.4 Å². The lowest BCUT2D eigenvalue weighted by molar-refractivity contribution is -0.478. The summed E-state index contributed by atoms with van der Waals surface area (Å²) in [6.07, 6.45) is 3.04. The highest BCUT2D eigenvalue weighted by atomic mass is 32.2. The Balaban J connectivity index is 2.71. The van der Waals surface area contributed by atoms with Crippen LogP contribution >= 0.6 is 0 Å². The van der Waals surface area contributed by atoms with Crippen molar-refractivity contribution in [3.8, 4) is 0 Å². The van der Waals surface area contributed by atoms with Crippen LogP contribution in [0.3, 0.4) is 0 Å². The van der Waals surface area contributed by atoms with Gasteiger partial charge >= 0.3 is 18.0 Å². The molecule has 0 aromatic rings. The summed E-state index contributed by atoms with van der Waals surface area (Å²) in [6, 6.07) is -0.615. The number of rotatable bonds is 14. The van der Waals surface area contributed by atoms with Crippen LogP contribution in [0.1, 0.15) is 39.5 Å².